The predicted molar refractivity (Wildman–Crippen MR) is 84.5 cm³/mol. The molecule has 0 saturated carbocycles. The largest absolute Gasteiger partial charge is 0.439 e. The molecule has 23 heavy (non-hydrogen) atoms. The van der Waals surface area contributed by atoms with E-state index in [1.807, 2.05) is 51.1 Å². The maximum absolute atomic E-state index is 12.2. The third kappa shape index (κ3) is 4.81. The minimum Gasteiger partial charge on any atom is -0.439 e. The van der Waals surface area contributed by atoms with Crippen LogP contribution in [0.25, 0.3) is 0 Å². The summed E-state index contributed by atoms with van der Waals surface area (Å²) in [7, 11) is 0. The Bertz CT molecular complexity index is 576. The quantitative estimate of drug-likeness (QED) is 0.903. The smallest absolute Gasteiger partial charge is 0.417 e. The number of hydrogen-bond donors (Lipinski definition) is 1. The van der Waals surface area contributed by atoms with Crippen molar-refractivity contribution in [2.45, 2.75) is 33.2 Å². The Labute approximate surface area is 135 Å². The highest BCUT2D eigenvalue weighted by molar-refractivity contribution is 5.97. The number of imide groups is 1. The molecule has 0 aromatic heterocycles. The summed E-state index contributed by atoms with van der Waals surface area (Å²) in [6.07, 6.45) is -0.310. The van der Waals surface area contributed by atoms with Crippen LogP contribution in [0.1, 0.15) is 38.8 Å². The molecule has 1 aromatic rings. The van der Waals surface area contributed by atoms with E-state index in [2.05, 4.69) is 5.32 Å². The Morgan fingerprint density at radius 2 is 1.91 bits per heavy atom. The second kappa shape index (κ2) is 6.81. The molecule has 1 aromatic carbocycles. The average molecular weight is 318 g/mol. The van der Waals surface area contributed by atoms with Gasteiger partial charge in [-0.15, -0.1) is 0 Å². The fourth-order valence-corrected chi connectivity index (χ4v) is 2.39. The van der Waals surface area contributed by atoms with Crippen LogP contribution >= 0.6 is 0 Å². The minimum atomic E-state index is -0.666. The molecule has 1 saturated heterocycles. The van der Waals surface area contributed by atoms with Gasteiger partial charge in [-0.1, -0.05) is 51.1 Å². The van der Waals surface area contributed by atoms with E-state index in [4.69, 9.17) is 4.74 Å². The fraction of sp³-hybridized carbons (Fsp3) is 0.471. The van der Waals surface area contributed by atoms with Crippen molar-refractivity contribution in [2.75, 3.05) is 13.2 Å². The molecule has 0 radical (unpaired) electrons. The molecular formula is C17H22N2O4. The third-order valence-electron chi connectivity index (χ3n) is 3.43. The van der Waals surface area contributed by atoms with Crippen LogP contribution in [0.4, 0.5) is 4.79 Å². The molecule has 124 valence electrons. The van der Waals surface area contributed by atoms with Crippen molar-refractivity contribution in [3.05, 3.63) is 35.9 Å². The minimum absolute atomic E-state index is 0.0670. The van der Waals surface area contributed by atoms with Crippen LogP contribution in [-0.4, -0.2) is 36.0 Å². The summed E-state index contributed by atoms with van der Waals surface area (Å²) in [5, 5.41) is 2.92. The van der Waals surface area contributed by atoms with Gasteiger partial charge >= 0.3 is 6.09 Å². The monoisotopic (exact) mass is 318 g/mol. The first kappa shape index (κ1) is 17.0. The van der Waals surface area contributed by atoms with E-state index in [0.29, 0.717) is 6.42 Å². The van der Waals surface area contributed by atoms with Crippen molar-refractivity contribution in [2.24, 2.45) is 5.41 Å². The van der Waals surface area contributed by atoms with Gasteiger partial charge in [0, 0.05) is 6.42 Å². The lowest BCUT2D eigenvalue weighted by atomic mass is 9.91. The van der Waals surface area contributed by atoms with Crippen LogP contribution in [0.15, 0.2) is 30.3 Å². The SMILES string of the molecule is CC(C)(C)CC(=O)NC(CN1C(=O)COC1=O)c1ccccc1. The molecule has 1 fully saturated rings. The lowest BCUT2D eigenvalue weighted by Crippen LogP contribution is -2.41. The number of nitrogens with one attached hydrogen (secondary N) is 1. The van der Waals surface area contributed by atoms with E-state index < -0.39 is 12.1 Å². The molecule has 0 bridgehead atoms. The van der Waals surface area contributed by atoms with Gasteiger partial charge in [-0.25, -0.2) is 9.69 Å². The van der Waals surface area contributed by atoms with Gasteiger partial charge in [0.2, 0.25) is 5.91 Å². The average Bonchev–Trinajstić information content (AvgIpc) is 2.77. The predicted octanol–water partition coefficient (Wildman–Crippen LogP) is 2.26. The Kier molecular flexibility index (Phi) is 5.03. The van der Waals surface area contributed by atoms with E-state index in [-0.39, 0.29) is 30.4 Å². The molecule has 1 N–H and O–H groups in total. The number of nitrogens with zero attached hydrogens (tertiary/aromatic N) is 1. The molecule has 3 amide bonds. The lowest BCUT2D eigenvalue weighted by Gasteiger charge is -2.25. The van der Waals surface area contributed by atoms with Gasteiger partial charge < -0.3 is 10.1 Å². The van der Waals surface area contributed by atoms with Crippen LogP contribution in [0.2, 0.25) is 0 Å². The van der Waals surface area contributed by atoms with Gasteiger partial charge in [0.25, 0.3) is 5.91 Å². The first-order valence-corrected chi connectivity index (χ1v) is 7.58. The number of hydrogen-bond acceptors (Lipinski definition) is 4. The second-order valence-corrected chi connectivity index (χ2v) is 6.83. The molecule has 1 aliphatic rings. The molecule has 6 heteroatoms. The summed E-state index contributed by atoms with van der Waals surface area (Å²) in [5.74, 6) is -0.507. The number of cyclic esters (lactones) is 1. The highest BCUT2D eigenvalue weighted by atomic mass is 16.6. The van der Waals surface area contributed by atoms with Crippen molar-refractivity contribution in [3.63, 3.8) is 0 Å². The van der Waals surface area contributed by atoms with Crippen molar-refractivity contribution < 1.29 is 19.1 Å². The van der Waals surface area contributed by atoms with E-state index >= 15 is 0 Å². The summed E-state index contributed by atoms with van der Waals surface area (Å²) < 4.78 is 4.72. The van der Waals surface area contributed by atoms with Gasteiger partial charge in [0.05, 0.1) is 12.6 Å². The fourth-order valence-electron chi connectivity index (χ4n) is 2.39. The van der Waals surface area contributed by atoms with Crippen molar-refractivity contribution in [1.82, 2.24) is 10.2 Å². The Morgan fingerprint density at radius 1 is 1.26 bits per heavy atom. The molecule has 1 unspecified atom stereocenters. The topological polar surface area (TPSA) is 75.7 Å². The van der Waals surface area contributed by atoms with E-state index in [1.165, 1.54) is 0 Å². The lowest BCUT2D eigenvalue weighted by molar-refractivity contribution is -0.127. The molecule has 1 heterocycles. The van der Waals surface area contributed by atoms with Crippen molar-refractivity contribution >= 4 is 17.9 Å². The zero-order valence-corrected chi connectivity index (χ0v) is 13.7. The number of amides is 3. The Hall–Kier alpha value is -2.37. The maximum atomic E-state index is 12.2. The van der Waals surface area contributed by atoms with E-state index in [1.54, 1.807) is 0 Å². The van der Waals surface area contributed by atoms with Gasteiger partial charge in [-0.05, 0) is 11.0 Å². The highest BCUT2D eigenvalue weighted by Gasteiger charge is 2.34. The van der Waals surface area contributed by atoms with Gasteiger partial charge in [0.15, 0.2) is 6.61 Å². The number of carbonyl (C=O) groups excluding carboxylic acids is 3. The summed E-state index contributed by atoms with van der Waals surface area (Å²) in [6.45, 7) is 5.76. The molecular weight excluding hydrogens is 296 g/mol. The second-order valence-electron chi connectivity index (χ2n) is 6.83. The zero-order valence-electron chi connectivity index (χ0n) is 13.7. The van der Waals surface area contributed by atoms with Gasteiger partial charge in [0.1, 0.15) is 0 Å². The Balaban J connectivity index is 2.14. The molecule has 6 nitrogen and oxygen atoms in total. The van der Waals surface area contributed by atoms with E-state index in [9.17, 15) is 14.4 Å². The van der Waals surface area contributed by atoms with Crippen molar-refractivity contribution in [1.29, 1.82) is 0 Å². The molecule has 2 rings (SSSR count). The van der Waals surface area contributed by atoms with E-state index in [0.717, 1.165) is 10.5 Å². The van der Waals surface area contributed by atoms with Crippen LogP contribution in [-0.2, 0) is 14.3 Å². The molecule has 1 atom stereocenters. The summed E-state index contributed by atoms with van der Waals surface area (Å²) in [6, 6.07) is 8.82. The first-order valence-electron chi connectivity index (χ1n) is 7.58. The van der Waals surface area contributed by atoms with Crippen LogP contribution in [0.3, 0.4) is 0 Å². The maximum Gasteiger partial charge on any atom is 0.417 e. The van der Waals surface area contributed by atoms with Gasteiger partial charge in [-0.2, -0.15) is 0 Å². The normalized spacial score (nSPS) is 16.2. The highest BCUT2D eigenvalue weighted by Crippen LogP contribution is 2.21. The van der Waals surface area contributed by atoms with Crippen LogP contribution in [0.5, 0.6) is 0 Å². The standard InChI is InChI=1S/C17H22N2O4/c1-17(2,3)9-14(20)18-13(12-7-5-4-6-8-12)10-19-15(21)11-23-16(19)22/h4-8,13H,9-11H2,1-3H3,(H,18,20). The summed E-state index contributed by atoms with van der Waals surface area (Å²) >= 11 is 0. The van der Waals surface area contributed by atoms with Gasteiger partial charge in [-0.3, -0.25) is 9.59 Å². The zero-order chi connectivity index (χ0) is 17.0. The third-order valence-corrected chi connectivity index (χ3v) is 3.43. The van der Waals surface area contributed by atoms with Crippen LogP contribution < -0.4 is 5.32 Å². The first-order chi connectivity index (χ1) is 10.8. The summed E-state index contributed by atoms with van der Waals surface area (Å²) in [4.78, 5) is 36.7. The molecule has 1 aliphatic heterocycles. The number of benzene rings is 1. The number of rotatable bonds is 5. The van der Waals surface area contributed by atoms with Crippen molar-refractivity contribution in [3.8, 4) is 0 Å². The number of ether oxygens (including phenoxy) is 1. The molecule has 0 spiro atoms. The Morgan fingerprint density at radius 3 is 2.43 bits per heavy atom. The van der Waals surface area contributed by atoms with Crippen LogP contribution in [0, 0.1) is 5.41 Å². The summed E-state index contributed by atoms with van der Waals surface area (Å²) in [5.41, 5.74) is 0.690. The molecule has 0 aliphatic carbocycles. The number of carbonyl (C=O) groups is 3.